The number of para-hydroxylation sites is 1. The van der Waals surface area contributed by atoms with Crippen LogP contribution in [0.25, 0.3) is 5.69 Å². The minimum Gasteiger partial charge on any atom is -0.476 e. The van der Waals surface area contributed by atoms with Crippen molar-refractivity contribution in [1.82, 2.24) is 9.78 Å². The lowest BCUT2D eigenvalue weighted by molar-refractivity contribution is 0.0687. The van der Waals surface area contributed by atoms with Crippen molar-refractivity contribution in [2.24, 2.45) is 5.41 Å². The van der Waals surface area contributed by atoms with Gasteiger partial charge in [0.25, 0.3) is 0 Å². The standard InChI is InChI=1S/C18H20N2O2/c1-17(2)12-9-10-18(17,3)15-13(12)14(16(21)22)19-20(15)11-7-5-4-6-8-11/h4-8,12H,9-10H2,1-3H3,(H,21,22)/t12-,18-/m1/s1. The summed E-state index contributed by atoms with van der Waals surface area (Å²) in [4.78, 5) is 11.7. The number of carbonyl (C=O) groups is 1. The molecular weight excluding hydrogens is 276 g/mol. The zero-order valence-corrected chi connectivity index (χ0v) is 13.1. The van der Waals surface area contributed by atoms with Gasteiger partial charge >= 0.3 is 5.97 Å². The molecule has 0 amide bonds. The molecule has 4 heteroatoms. The van der Waals surface area contributed by atoms with Crippen LogP contribution >= 0.6 is 0 Å². The maximum Gasteiger partial charge on any atom is 0.356 e. The Labute approximate surface area is 129 Å². The summed E-state index contributed by atoms with van der Waals surface area (Å²) in [5, 5.41) is 14.1. The molecule has 1 aromatic carbocycles. The normalized spacial score (nSPS) is 27.9. The first-order valence-corrected chi connectivity index (χ1v) is 7.80. The van der Waals surface area contributed by atoms with Gasteiger partial charge in [-0.2, -0.15) is 5.10 Å². The first-order valence-electron chi connectivity index (χ1n) is 7.80. The van der Waals surface area contributed by atoms with Gasteiger partial charge in [0, 0.05) is 11.0 Å². The van der Waals surface area contributed by atoms with Crippen LogP contribution in [-0.2, 0) is 5.41 Å². The highest BCUT2D eigenvalue weighted by Gasteiger charge is 2.63. The first-order chi connectivity index (χ1) is 10.4. The summed E-state index contributed by atoms with van der Waals surface area (Å²) in [5.41, 5.74) is 3.30. The van der Waals surface area contributed by atoms with E-state index in [2.05, 4.69) is 25.9 Å². The number of hydrogen-bond acceptors (Lipinski definition) is 2. The van der Waals surface area contributed by atoms with E-state index in [0.717, 1.165) is 29.8 Å². The van der Waals surface area contributed by atoms with Gasteiger partial charge in [-0.15, -0.1) is 0 Å². The summed E-state index contributed by atoms with van der Waals surface area (Å²) in [6.45, 7) is 6.81. The van der Waals surface area contributed by atoms with E-state index in [-0.39, 0.29) is 22.4 Å². The molecule has 1 heterocycles. The van der Waals surface area contributed by atoms with Gasteiger partial charge in [0.1, 0.15) is 0 Å². The van der Waals surface area contributed by atoms with Gasteiger partial charge in [-0.05, 0) is 36.3 Å². The van der Waals surface area contributed by atoms with E-state index in [0.29, 0.717) is 0 Å². The summed E-state index contributed by atoms with van der Waals surface area (Å²) in [6.07, 6.45) is 2.15. The topological polar surface area (TPSA) is 55.1 Å². The fourth-order valence-corrected chi connectivity index (χ4v) is 4.63. The number of aromatic nitrogens is 2. The average Bonchev–Trinajstić information content (AvgIpc) is 3.03. The molecule has 0 unspecified atom stereocenters. The van der Waals surface area contributed by atoms with Crippen LogP contribution in [0.4, 0.5) is 0 Å². The number of carboxylic acids is 1. The van der Waals surface area contributed by atoms with Crippen molar-refractivity contribution in [2.75, 3.05) is 0 Å². The number of aromatic carboxylic acids is 1. The zero-order valence-electron chi connectivity index (χ0n) is 13.1. The number of rotatable bonds is 2. The molecule has 114 valence electrons. The Morgan fingerprint density at radius 3 is 2.59 bits per heavy atom. The molecule has 2 atom stereocenters. The van der Waals surface area contributed by atoms with E-state index in [1.54, 1.807) is 0 Å². The van der Waals surface area contributed by atoms with Crippen LogP contribution in [0.1, 0.15) is 61.3 Å². The fraction of sp³-hybridized carbons (Fsp3) is 0.444. The van der Waals surface area contributed by atoms with E-state index in [1.165, 1.54) is 0 Å². The summed E-state index contributed by atoms with van der Waals surface area (Å²) in [7, 11) is 0. The van der Waals surface area contributed by atoms with Gasteiger partial charge in [0.2, 0.25) is 0 Å². The van der Waals surface area contributed by atoms with Crippen molar-refractivity contribution < 1.29 is 9.90 Å². The number of fused-ring (bicyclic) bond motifs is 5. The quantitative estimate of drug-likeness (QED) is 0.918. The third-order valence-electron chi connectivity index (χ3n) is 6.22. The molecule has 1 saturated carbocycles. The van der Waals surface area contributed by atoms with Gasteiger partial charge in [0.15, 0.2) is 5.69 Å². The van der Waals surface area contributed by atoms with Crippen molar-refractivity contribution in [3.63, 3.8) is 0 Å². The molecule has 1 aromatic heterocycles. The molecular formula is C18H20N2O2. The monoisotopic (exact) mass is 296 g/mol. The lowest BCUT2D eigenvalue weighted by atomic mass is 9.70. The zero-order chi connectivity index (χ0) is 15.7. The number of hydrogen-bond donors (Lipinski definition) is 1. The van der Waals surface area contributed by atoms with E-state index in [4.69, 9.17) is 0 Å². The Kier molecular flexibility index (Phi) is 2.47. The molecule has 2 aromatic rings. The SMILES string of the molecule is CC1(C)[C@@H]2CC[C@]1(C)c1c2c(C(=O)O)nn1-c1ccccc1. The lowest BCUT2D eigenvalue weighted by Crippen LogP contribution is -2.33. The van der Waals surface area contributed by atoms with Crippen LogP contribution in [0.2, 0.25) is 0 Å². The highest BCUT2D eigenvalue weighted by atomic mass is 16.4. The van der Waals surface area contributed by atoms with Crippen molar-refractivity contribution in [3.05, 3.63) is 47.3 Å². The number of carboxylic acid groups (broad SMARTS) is 1. The summed E-state index contributed by atoms with van der Waals surface area (Å²) >= 11 is 0. The molecule has 0 aliphatic heterocycles. The van der Waals surface area contributed by atoms with Crippen molar-refractivity contribution >= 4 is 5.97 Å². The van der Waals surface area contributed by atoms with Gasteiger partial charge in [-0.3, -0.25) is 0 Å². The fourth-order valence-electron chi connectivity index (χ4n) is 4.63. The molecule has 2 aliphatic rings. The highest BCUT2D eigenvalue weighted by molar-refractivity contribution is 5.88. The largest absolute Gasteiger partial charge is 0.476 e. The molecule has 4 nitrogen and oxygen atoms in total. The molecule has 4 rings (SSSR count). The van der Waals surface area contributed by atoms with E-state index < -0.39 is 5.97 Å². The Hall–Kier alpha value is -2.10. The number of benzene rings is 1. The highest BCUT2D eigenvalue weighted by Crippen LogP contribution is 2.68. The Morgan fingerprint density at radius 2 is 1.95 bits per heavy atom. The van der Waals surface area contributed by atoms with E-state index in [1.807, 2.05) is 35.0 Å². The molecule has 1 N–H and O–H groups in total. The van der Waals surface area contributed by atoms with Crippen LogP contribution in [0.5, 0.6) is 0 Å². The third-order valence-corrected chi connectivity index (χ3v) is 6.22. The molecule has 2 aliphatic carbocycles. The second kappa shape index (κ2) is 4.00. The molecule has 2 bridgehead atoms. The molecule has 0 saturated heterocycles. The smallest absolute Gasteiger partial charge is 0.356 e. The number of nitrogens with zero attached hydrogens (tertiary/aromatic N) is 2. The van der Waals surface area contributed by atoms with Crippen molar-refractivity contribution in [1.29, 1.82) is 0 Å². The van der Waals surface area contributed by atoms with E-state index >= 15 is 0 Å². The predicted molar refractivity (Wildman–Crippen MR) is 83.6 cm³/mol. The van der Waals surface area contributed by atoms with Crippen LogP contribution in [0, 0.1) is 5.41 Å². The molecule has 1 fully saturated rings. The summed E-state index contributed by atoms with van der Waals surface area (Å²) in [6, 6.07) is 9.86. The molecule has 0 radical (unpaired) electrons. The van der Waals surface area contributed by atoms with Crippen LogP contribution in [0.15, 0.2) is 30.3 Å². The summed E-state index contributed by atoms with van der Waals surface area (Å²) in [5.74, 6) is -0.631. The van der Waals surface area contributed by atoms with Gasteiger partial charge in [-0.1, -0.05) is 39.0 Å². The minimum absolute atomic E-state index is 0.0243. The minimum atomic E-state index is -0.919. The predicted octanol–water partition coefficient (Wildman–Crippen LogP) is 3.75. The molecule has 0 spiro atoms. The van der Waals surface area contributed by atoms with E-state index in [9.17, 15) is 9.90 Å². The third kappa shape index (κ3) is 1.38. The maximum absolute atomic E-state index is 11.7. The molecule has 22 heavy (non-hydrogen) atoms. The van der Waals surface area contributed by atoms with Crippen molar-refractivity contribution in [3.8, 4) is 5.69 Å². The lowest BCUT2D eigenvalue weighted by Gasteiger charge is -2.35. The first kappa shape index (κ1) is 13.6. The van der Waals surface area contributed by atoms with Crippen LogP contribution in [0.3, 0.4) is 0 Å². The van der Waals surface area contributed by atoms with Crippen LogP contribution < -0.4 is 0 Å². The van der Waals surface area contributed by atoms with Gasteiger partial charge < -0.3 is 5.11 Å². The Morgan fingerprint density at radius 1 is 1.27 bits per heavy atom. The van der Waals surface area contributed by atoms with Gasteiger partial charge in [-0.25, -0.2) is 9.48 Å². The second-order valence-corrected chi connectivity index (χ2v) is 7.31. The Bertz CT molecular complexity index is 776. The van der Waals surface area contributed by atoms with Crippen LogP contribution in [-0.4, -0.2) is 20.9 Å². The van der Waals surface area contributed by atoms with Crippen molar-refractivity contribution in [2.45, 2.75) is 44.9 Å². The summed E-state index contributed by atoms with van der Waals surface area (Å²) < 4.78 is 1.87. The average molecular weight is 296 g/mol. The Balaban J connectivity index is 2.05. The maximum atomic E-state index is 11.7. The second-order valence-electron chi connectivity index (χ2n) is 7.31. The van der Waals surface area contributed by atoms with Gasteiger partial charge in [0.05, 0.1) is 11.4 Å².